The van der Waals surface area contributed by atoms with Gasteiger partial charge in [-0.15, -0.1) is 0 Å². The zero-order valence-corrected chi connectivity index (χ0v) is 15.8. The van der Waals surface area contributed by atoms with Gasteiger partial charge in [0.15, 0.2) is 0 Å². The van der Waals surface area contributed by atoms with E-state index in [0.717, 1.165) is 24.3 Å². The van der Waals surface area contributed by atoms with Crippen LogP contribution in [-0.4, -0.2) is 16.8 Å². The maximum Gasteiger partial charge on any atom is 0.127 e. The van der Waals surface area contributed by atoms with Gasteiger partial charge < -0.3 is 14.6 Å². The Bertz CT molecular complexity index is 738. The van der Waals surface area contributed by atoms with Gasteiger partial charge in [-0.1, -0.05) is 37.3 Å². The lowest BCUT2D eigenvalue weighted by atomic mass is 9.63. The van der Waals surface area contributed by atoms with Crippen molar-refractivity contribution in [2.45, 2.75) is 51.4 Å². The van der Waals surface area contributed by atoms with Crippen LogP contribution in [0.3, 0.4) is 0 Å². The van der Waals surface area contributed by atoms with Crippen molar-refractivity contribution in [3.05, 3.63) is 60.2 Å². The zero-order chi connectivity index (χ0) is 18.3. The van der Waals surface area contributed by atoms with Gasteiger partial charge in [-0.3, -0.25) is 0 Å². The number of aliphatic hydroxyl groups is 1. The molecule has 1 heterocycles. The van der Waals surface area contributed by atoms with Gasteiger partial charge in [-0.2, -0.15) is 0 Å². The monoisotopic (exact) mass is 352 g/mol. The molecule has 2 aromatic rings. The summed E-state index contributed by atoms with van der Waals surface area (Å²) < 4.78 is 12.5. The first kappa shape index (κ1) is 17.6. The summed E-state index contributed by atoms with van der Waals surface area (Å²) in [5.41, 5.74) is 0.962. The minimum atomic E-state index is -0.231. The molecule has 1 N–H and O–H groups in total. The first-order chi connectivity index (χ1) is 12.4. The summed E-state index contributed by atoms with van der Waals surface area (Å²) in [4.78, 5) is 0. The Morgan fingerprint density at radius 2 is 1.62 bits per heavy atom. The number of benzene rings is 2. The fraction of sp³-hybridized carbons (Fsp3) is 0.478. The maximum atomic E-state index is 10.5. The van der Waals surface area contributed by atoms with Crippen molar-refractivity contribution in [2.24, 2.45) is 17.8 Å². The van der Waals surface area contributed by atoms with E-state index >= 15 is 0 Å². The number of fused-ring (bicyclic) bond motifs is 2. The van der Waals surface area contributed by atoms with Crippen LogP contribution in [0.5, 0.6) is 11.5 Å². The van der Waals surface area contributed by atoms with Crippen LogP contribution in [0.15, 0.2) is 54.6 Å². The van der Waals surface area contributed by atoms with Gasteiger partial charge in [0.25, 0.3) is 0 Å². The Labute approximate surface area is 156 Å². The Hall–Kier alpha value is -1.84. The summed E-state index contributed by atoms with van der Waals surface area (Å²) in [5, 5.41) is 10.5. The second-order valence-electron chi connectivity index (χ2n) is 8.38. The van der Waals surface area contributed by atoms with Crippen LogP contribution in [0.4, 0.5) is 0 Å². The third-order valence-electron chi connectivity index (χ3n) is 6.36. The van der Waals surface area contributed by atoms with E-state index in [-0.39, 0.29) is 23.7 Å². The minimum absolute atomic E-state index is 0.0250. The van der Waals surface area contributed by atoms with Gasteiger partial charge >= 0.3 is 0 Å². The fourth-order valence-electron chi connectivity index (χ4n) is 4.57. The van der Waals surface area contributed by atoms with E-state index < -0.39 is 0 Å². The van der Waals surface area contributed by atoms with E-state index in [2.05, 4.69) is 32.9 Å². The molecule has 3 heteroatoms. The molecule has 138 valence electrons. The number of rotatable bonds is 3. The van der Waals surface area contributed by atoms with E-state index in [1.54, 1.807) is 0 Å². The van der Waals surface area contributed by atoms with Crippen molar-refractivity contribution >= 4 is 0 Å². The summed E-state index contributed by atoms with van der Waals surface area (Å²) in [6, 6.07) is 18.0. The third kappa shape index (κ3) is 3.26. The Kier molecular flexibility index (Phi) is 4.54. The summed E-state index contributed by atoms with van der Waals surface area (Å²) >= 11 is 0. The van der Waals surface area contributed by atoms with E-state index in [9.17, 15) is 5.11 Å². The molecule has 0 aromatic heterocycles. The molecule has 1 aliphatic carbocycles. The predicted molar refractivity (Wildman–Crippen MR) is 102 cm³/mol. The van der Waals surface area contributed by atoms with E-state index in [1.165, 1.54) is 5.56 Å². The lowest BCUT2D eigenvalue weighted by Crippen LogP contribution is -2.52. The summed E-state index contributed by atoms with van der Waals surface area (Å²) in [6.45, 7) is 6.49. The van der Waals surface area contributed by atoms with Gasteiger partial charge in [0.1, 0.15) is 11.5 Å². The molecular formula is C23H28O3. The van der Waals surface area contributed by atoms with Crippen molar-refractivity contribution in [1.29, 1.82) is 0 Å². The minimum Gasteiger partial charge on any atom is -0.457 e. The van der Waals surface area contributed by atoms with Crippen molar-refractivity contribution < 1.29 is 14.6 Å². The van der Waals surface area contributed by atoms with Crippen LogP contribution in [0, 0.1) is 17.8 Å². The van der Waals surface area contributed by atoms with Crippen molar-refractivity contribution in [3.63, 3.8) is 0 Å². The molecule has 0 unspecified atom stereocenters. The first-order valence-electron chi connectivity index (χ1n) is 9.63. The van der Waals surface area contributed by atoms with Crippen LogP contribution >= 0.6 is 0 Å². The second kappa shape index (κ2) is 6.71. The molecule has 2 aromatic carbocycles. The van der Waals surface area contributed by atoms with E-state index in [4.69, 9.17) is 9.47 Å². The number of hydrogen-bond acceptors (Lipinski definition) is 3. The molecule has 0 amide bonds. The first-order valence-corrected chi connectivity index (χ1v) is 9.63. The van der Waals surface area contributed by atoms with Crippen LogP contribution in [0.2, 0.25) is 0 Å². The quantitative estimate of drug-likeness (QED) is 0.809. The molecule has 0 radical (unpaired) electrons. The van der Waals surface area contributed by atoms with Crippen LogP contribution in [-0.2, 0) is 4.74 Å². The highest BCUT2D eigenvalue weighted by atomic mass is 16.5. The Morgan fingerprint density at radius 3 is 2.31 bits per heavy atom. The maximum absolute atomic E-state index is 10.5. The number of para-hydroxylation sites is 1. The highest BCUT2D eigenvalue weighted by Gasteiger charge is 2.50. The lowest BCUT2D eigenvalue weighted by Gasteiger charge is -2.53. The Morgan fingerprint density at radius 1 is 0.962 bits per heavy atom. The van der Waals surface area contributed by atoms with Gasteiger partial charge in [-0.05, 0) is 74.3 Å². The van der Waals surface area contributed by atoms with Gasteiger partial charge in [0, 0.05) is 0 Å². The van der Waals surface area contributed by atoms with Crippen molar-refractivity contribution in [1.82, 2.24) is 0 Å². The standard InChI is InChI=1S/C23H28O3/c1-15-20-13-17(14-21(15)24)23(2,3)26-22(20)16-9-11-19(12-10-16)25-18-7-5-4-6-8-18/h4-12,15,17,20-22,24H,13-14H2,1-3H3/t15-,17-,20+,21-,22-/m0/s1. The molecule has 4 rings (SSSR count). The smallest absolute Gasteiger partial charge is 0.127 e. The average Bonchev–Trinajstić information content (AvgIpc) is 2.63. The lowest BCUT2D eigenvalue weighted by molar-refractivity contribution is -0.215. The van der Waals surface area contributed by atoms with Crippen LogP contribution in [0.1, 0.15) is 45.3 Å². The molecule has 5 atom stereocenters. The summed E-state index contributed by atoms with van der Waals surface area (Å²) in [5.74, 6) is 2.70. The predicted octanol–water partition coefficient (Wildman–Crippen LogP) is 5.35. The molecule has 1 aliphatic heterocycles. The van der Waals surface area contributed by atoms with E-state index in [1.807, 2.05) is 42.5 Å². The van der Waals surface area contributed by atoms with Crippen molar-refractivity contribution in [3.8, 4) is 11.5 Å². The zero-order valence-electron chi connectivity index (χ0n) is 15.8. The molecule has 2 bridgehead atoms. The topological polar surface area (TPSA) is 38.7 Å². The molecular weight excluding hydrogens is 324 g/mol. The highest BCUT2D eigenvalue weighted by molar-refractivity contribution is 5.34. The number of ether oxygens (including phenoxy) is 2. The highest BCUT2D eigenvalue weighted by Crippen LogP contribution is 2.53. The summed E-state index contributed by atoms with van der Waals surface area (Å²) in [7, 11) is 0. The van der Waals surface area contributed by atoms with Crippen LogP contribution in [0.25, 0.3) is 0 Å². The second-order valence-corrected chi connectivity index (χ2v) is 8.38. The third-order valence-corrected chi connectivity index (χ3v) is 6.36. The van der Waals surface area contributed by atoms with Gasteiger partial charge in [0.05, 0.1) is 17.8 Å². The SMILES string of the molecule is C[C@H]1[C@H]2C[C@@H](C[C@@H]1O)C(C)(C)O[C@H]2c1ccc(Oc2ccccc2)cc1. The molecule has 2 fully saturated rings. The molecule has 0 spiro atoms. The Balaban J connectivity index is 1.56. The molecule has 3 nitrogen and oxygen atoms in total. The number of aliphatic hydroxyl groups excluding tert-OH is 1. The molecule has 1 saturated heterocycles. The van der Waals surface area contributed by atoms with Gasteiger partial charge in [0.2, 0.25) is 0 Å². The van der Waals surface area contributed by atoms with Crippen LogP contribution < -0.4 is 4.74 Å². The van der Waals surface area contributed by atoms with Gasteiger partial charge in [-0.25, -0.2) is 0 Å². The average molecular weight is 352 g/mol. The normalized spacial score (nSPS) is 32.8. The fourth-order valence-corrected chi connectivity index (χ4v) is 4.57. The molecule has 26 heavy (non-hydrogen) atoms. The molecule has 2 aliphatic rings. The van der Waals surface area contributed by atoms with E-state index in [0.29, 0.717) is 11.8 Å². The summed E-state index contributed by atoms with van der Waals surface area (Å²) in [6.07, 6.45) is 1.77. The largest absolute Gasteiger partial charge is 0.457 e. The molecule has 1 saturated carbocycles. The number of hydrogen-bond donors (Lipinski definition) is 1. The van der Waals surface area contributed by atoms with Crippen molar-refractivity contribution in [2.75, 3.05) is 0 Å².